The fourth-order valence-corrected chi connectivity index (χ4v) is 3.31. The van der Waals surface area contributed by atoms with Crippen molar-refractivity contribution in [3.8, 4) is 17.1 Å². The first-order valence-corrected chi connectivity index (χ1v) is 7.81. The topological polar surface area (TPSA) is 64.4 Å². The highest BCUT2D eigenvalue weighted by Gasteiger charge is 2.29. The second-order valence-corrected chi connectivity index (χ2v) is 5.94. The monoisotopic (exact) mass is 336 g/mol. The van der Waals surface area contributed by atoms with E-state index >= 15 is 0 Å². The standard InChI is InChI=1S/C17H18F2N2O3/c1-24-13-7-6-12(18)15(19)14(13)16-20-8-9-21(16)11-4-2-10(3-5-11)17(22)23/h6-11H,2-5H2,1H3,(H,22,23). The summed E-state index contributed by atoms with van der Waals surface area (Å²) in [5.74, 6) is -2.58. The molecule has 24 heavy (non-hydrogen) atoms. The molecule has 7 heteroatoms. The lowest BCUT2D eigenvalue weighted by atomic mass is 9.86. The van der Waals surface area contributed by atoms with Crippen molar-refractivity contribution >= 4 is 5.97 Å². The molecule has 5 nitrogen and oxygen atoms in total. The van der Waals surface area contributed by atoms with Gasteiger partial charge in [-0.2, -0.15) is 0 Å². The van der Waals surface area contributed by atoms with E-state index in [2.05, 4.69) is 4.98 Å². The molecule has 0 spiro atoms. The molecule has 1 fully saturated rings. The van der Waals surface area contributed by atoms with Gasteiger partial charge in [0.1, 0.15) is 11.6 Å². The van der Waals surface area contributed by atoms with Gasteiger partial charge in [-0.1, -0.05) is 0 Å². The summed E-state index contributed by atoms with van der Waals surface area (Å²) >= 11 is 0. The van der Waals surface area contributed by atoms with E-state index in [-0.39, 0.29) is 23.3 Å². The van der Waals surface area contributed by atoms with Gasteiger partial charge in [0, 0.05) is 18.4 Å². The third-order valence-electron chi connectivity index (χ3n) is 4.61. The summed E-state index contributed by atoms with van der Waals surface area (Å²) in [6.45, 7) is 0. The van der Waals surface area contributed by atoms with Crippen molar-refractivity contribution in [2.24, 2.45) is 5.92 Å². The van der Waals surface area contributed by atoms with E-state index in [1.165, 1.54) is 19.4 Å². The quantitative estimate of drug-likeness (QED) is 0.925. The van der Waals surface area contributed by atoms with Crippen LogP contribution in [0.2, 0.25) is 0 Å². The number of halogens is 2. The van der Waals surface area contributed by atoms with Crippen molar-refractivity contribution in [3.05, 3.63) is 36.2 Å². The average molecular weight is 336 g/mol. The number of aromatic nitrogens is 2. The van der Waals surface area contributed by atoms with Crippen molar-refractivity contribution in [2.45, 2.75) is 31.7 Å². The Kier molecular flexibility index (Phi) is 4.51. The number of imidazole rings is 1. The maximum Gasteiger partial charge on any atom is 0.306 e. The van der Waals surface area contributed by atoms with E-state index < -0.39 is 17.6 Å². The molecule has 0 unspecified atom stereocenters. The number of carboxylic acids is 1. The molecule has 3 rings (SSSR count). The minimum Gasteiger partial charge on any atom is -0.496 e. The van der Waals surface area contributed by atoms with Gasteiger partial charge in [-0.05, 0) is 37.8 Å². The summed E-state index contributed by atoms with van der Waals surface area (Å²) in [7, 11) is 1.39. The smallest absolute Gasteiger partial charge is 0.306 e. The van der Waals surface area contributed by atoms with Crippen LogP contribution in [0.5, 0.6) is 5.75 Å². The van der Waals surface area contributed by atoms with Crippen LogP contribution in [0.15, 0.2) is 24.5 Å². The number of hydrogen-bond acceptors (Lipinski definition) is 3. The highest BCUT2D eigenvalue weighted by atomic mass is 19.2. The minimum absolute atomic E-state index is 0.00507. The van der Waals surface area contributed by atoms with Crippen LogP contribution in [0.3, 0.4) is 0 Å². The Morgan fingerprint density at radius 1 is 1.29 bits per heavy atom. The predicted octanol–water partition coefficient (Wildman–Crippen LogP) is 3.65. The van der Waals surface area contributed by atoms with E-state index in [9.17, 15) is 13.6 Å². The molecule has 0 saturated heterocycles. The van der Waals surface area contributed by atoms with Crippen molar-refractivity contribution in [2.75, 3.05) is 7.11 Å². The van der Waals surface area contributed by atoms with Crippen LogP contribution in [0.25, 0.3) is 11.4 Å². The zero-order chi connectivity index (χ0) is 17.3. The number of carboxylic acid groups (broad SMARTS) is 1. The Hall–Kier alpha value is -2.44. The number of rotatable bonds is 4. The van der Waals surface area contributed by atoms with Crippen molar-refractivity contribution in [1.29, 1.82) is 0 Å². The Labute approximate surface area is 137 Å². The number of aliphatic carboxylic acids is 1. The Balaban J connectivity index is 1.95. The molecule has 0 atom stereocenters. The fourth-order valence-electron chi connectivity index (χ4n) is 3.31. The molecule has 128 valence electrons. The SMILES string of the molecule is COc1ccc(F)c(F)c1-c1nccn1C1CCC(C(=O)O)CC1. The summed E-state index contributed by atoms with van der Waals surface area (Å²) in [5, 5.41) is 9.10. The first kappa shape index (κ1) is 16.4. The molecule has 0 aliphatic heterocycles. The molecular weight excluding hydrogens is 318 g/mol. The van der Waals surface area contributed by atoms with Gasteiger partial charge in [-0.3, -0.25) is 4.79 Å². The van der Waals surface area contributed by atoms with Crippen molar-refractivity contribution in [1.82, 2.24) is 9.55 Å². The van der Waals surface area contributed by atoms with Crippen molar-refractivity contribution < 1.29 is 23.4 Å². The van der Waals surface area contributed by atoms with E-state index in [4.69, 9.17) is 9.84 Å². The molecule has 1 aliphatic rings. The normalized spacial score (nSPS) is 20.8. The molecule has 1 N–H and O–H groups in total. The third-order valence-corrected chi connectivity index (χ3v) is 4.61. The summed E-state index contributed by atoms with van der Waals surface area (Å²) in [6.07, 6.45) is 5.66. The van der Waals surface area contributed by atoms with Gasteiger partial charge in [0.15, 0.2) is 11.6 Å². The van der Waals surface area contributed by atoms with E-state index in [1.54, 1.807) is 10.8 Å². The first-order chi connectivity index (χ1) is 11.5. The number of ether oxygens (including phenoxy) is 1. The molecule has 0 radical (unpaired) electrons. The zero-order valence-electron chi connectivity index (χ0n) is 13.2. The lowest BCUT2D eigenvalue weighted by Crippen LogP contribution is -2.23. The van der Waals surface area contributed by atoms with Gasteiger partial charge in [0.25, 0.3) is 0 Å². The van der Waals surface area contributed by atoms with Gasteiger partial charge >= 0.3 is 5.97 Å². The summed E-state index contributed by atoms with van der Waals surface area (Å²) < 4.78 is 35.0. The van der Waals surface area contributed by atoms with E-state index in [1.807, 2.05) is 0 Å². The Morgan fingerprint density at radius 3 is 2.62 bits per heavy atom. The van der Waals surface area contributed by atoms with E-state index in [0.29, 0.717) is 31.5 Å². The number of carbonyl (C=O) groups is 1. The lowest BCUT2D eigenvalue weighted by Gasteiger charge is -2.28. The second kappa shape index (κ2) is 6.59. The molecular formula is C17H18F2N2O3. The Morgan fingerprint density at radius 2 is 2.00 bits per heavy atom. The largest absolute Gasteiger partial charge is 0.496 e. The van der Waals surface area contributed by atoms with Crippen molar-refractivity contribution in [3.63, 3.8) is 0 Å². The molecule has 2 aromatic rings. The lowest BCUT2D eigenvalue weighted by molar-refractivity contribution is -0.143. The first-order valence-electron chi connectivity index (χ1n) is 7.81. The van der Waals surface area contributed by atoms with Gasteiger partial charge in [-0.15, -0.1) is 0 Å². The van der Waals surface area contributed by atoms with Gasteiger partial charge < -0.3 is 14.4 Å². The molecule has 1 heterocycles. The predicted molar refractivity (Wildman–Crippen MR) is 82.8 cm³/mol. The van der Waals surface area contributed by atoms with Crippen LogP contribution in [0, 0.1) is 17.6 Å². The van der Waals surface area contributed by atoms with Gasteiger partial charge in [-0.25, -0.2) is 13.8 Å². The van der Waals surface area contributed by atoms with Gasteiger partial charge in [0.2, 0.25) is 0 Å². The second-order valence-electron chi connectivity index (χ2n) is 5.94. The molecule has 1 aromatic carbocycles. The number of methoxy groups -OCH3 is 1. The fraction of sp³-hybridized carbons (Fsp3) is 0.412. The summed E-state index contributed by atoms with van der Waals surface area (Å²) in [5.41, 5.74) is -0.0112. The molecule has 0 amide bonds. The van der Waals surface area contributed by atoms with Crippen LogP contribution >= 0.6 is 0 Å². The highest BCUT2D eigenvalue weighted by molar-refractivity contribution is 5.70. The molecule has 1 aromatic heterocycles. The van der Waals surface area contributed by atoms with E-state index in [0.717, 1.165) is 6.07 Å². The van der Waals surface area contributed by atoms with Crippen LogP contribution in [-0.2, 0) is 4.79 Å². The minimum atomic E-state index is -0.999. The summed E-state index contributed by atoms with van der Waals surface area (Å²) in [4.78, 5) is 15.3. The highest BCUT2D eigenvalue weighted by Crippen LogP contribution is 2.38. The number of nitrogens with zero attached hydrogens (tertiary/aromatic N) is 2. The zero-order valence-corrected chi connectivity index (χ0v) is 13.2. The maximum absolute atomic E-state index is 14.3. The van der Waals surface area contributed by atoms with Crippen LogP contribution in [0.4, 0.5) is 8.78 Å². The van der Waals surface area contributed by atoms with Crippen LogP contribution in [-0.4, -0.2) is 27.7 Å². The maximum atomic E-state index is 14.3. The molecule has 1 saturated carbocycles. The van der Waals surface area contributed by atoms with Crippen LogP contribution in [0.1, 0.15) is 31.7 Å². The summed E-state index contributed by atoms with van der Waals surface area (Å²) in [6, 6.07) is 2.39. The number of hydrogen-bond donors (Lipinski definition) is 1. The third kappa shape index (κ3) is 2.86. The van der Waals surface area contributed by atoms with Crippen LogP contribution < -0.4 is 4.74 Å². The number of benzene rings is 1. The average Bonchev–Trinajstić information content (AvgIpc) is 3.06. The molecule has 0 bridgehead atoms. The Bertz CT molecular complexity index is 752. The molecule has 1 aliphatic carbocycles. The van der Waals surface area contributed by atoms with Gasteiger partial charge in [0.05, 0.1) is 18.6 Å².